The summed E-state index contributed by atoms with van der Waals surface area (Å²) < 4.78 is 55.8. The first-order valence-corrected chi connectivity index (χ1v) is 10.6. The van der Waals surface area contributed by atoms with Gasteiger partial charge >= 0.3 is 12.1 Å². The summed E-state index contributed by atoms with van der Waals surface area (Å²) in [5.41, 5.74) is -5.92. The largest absolute Gasteiger partial charge is 0.456 e. The second-order valence-electron chi connectivity index (χ2n) is 9.75. The van der Waals surface area contributed by atoms with Gasteiger partial charge in [0.05, 0.1) is 35.8 Å². The molecule has 1 saturated heterocycles. The van der Waals surface area contributed by atoms with E-state index in [9.17, 15) is 27.9 Å². The molecule has 0 spiro atoms. The van der Waals surface area contributed by atoms with Gasteiger partial charge in [-0.15, -0.1) is 0 Å². The average Bonchev–Trinajstić information content (AvgIpc) is 3.02. The van der Waals surface area contributed by atoms with Crippen LogP contribution in [0.25, 0.3) is 0 Å². The summed E-state index contributed by atoms with van der Waals surface area (Å²) in [6.45, 7) is 6.21. The van der Waals surface area contributed by atoms with E-state index in [0.29, 0.717) is 18.9 Å². The Morgan fingerprint density at radius 1 is 1.26 bits per heavy atom. The van der Waals surface area contributed by atoms with E-state index >= 15 is 0 Å². The number of carbonyl (C=O) groups is 2. The number of rotatable bonds is 8. The van der Waals surface area contributed by atoms with Crippen LogP contribution in [0.1, 0.15) is 51.7 Å². The van der Waals surface area contributed by atoms with Gasteiger partial charge in [0.2, 0.25) is 0 Å². The Hall–Kier alpha value is -2.68. The summed E-state index contributed by atoms with van der Waals surface area (Å²) in [7, 11) is 0. The number of ether oxygens (including phenoxy) is 3. The third-order valence-corrected chi connectivity index (χ3v) is 7.36. The highest BCUT2D eigenvalue weighted by atomic mass is 19.4. The standard InChI is InChI=1S/C23H27F3N2O6/c1-19(2)20(3)7-8-22(19,34-18(20)30)12-33-13-32-11-21(4,31)17(29)28-15-6-5-14(10-27)16(9-15)23(24,25)26/h5-6,9,31H,7-8,11-13H2,1-4H3,(H,28,29). The first kappa shape index (κ1) is 25.9. The first-order chi connectivity index (χ1) is 15.6. The van der Waals surface area contributed by atoms with Crippen molar-refractivity contribution >= 4 is 17.6 Å². The molecule has 34 heavy (non-hydrogen) atoms. The van der Waals surface area contributed by atoms with E-state index in [1.165, 1.54) is 6.07 Å². The average molecular weight is 484 g/mol. The second-order valence-corrected chi connectivity index (χ2v) is 9.75. The summed E-state index contributed by atoms with van der Waals surface area (Å²) in [6, 6.07) is 4.13. The van der Waals surface area contributed by atoms with E-state index in [2.05, 4.69) is 5.32 Å². The number of nitrogens with zero attached hydrogens (tertiary/aromatic N) is 1. The number of hydrogen-bond acceptors (Lipinski definition) is 7. The summed E-state index contributed by atoms with van der Waals surface area (Å²) in [5.74, 6) is -1.26. The molecule has 3 atom stereocenters. The van der Waals surface area contributed by atoms with Crippen molar-refractivity contribution < 1.29 is 42.1 Å². The molecule has 1 aliphatic carbocycles. The number of hydrogen-bond donors (Lipinski definition) is 2. The molecule has 1 aromatic rings. The number of nitriles is 1. The fourth-order valence-corrected chi connectivity index (χ4v) is 4.48. The van der Waals surface area contributed by atoms with Crippen LogP contribution in [0.3, 0.4) is 0 Å². The molecule has 1 aromatic carbocycles. The lowest BCUT2D eigenvalue weighted by Gasteiger charge is -2.36. The van der Waals surface area contributed by atoms with E-state index in [4.69, 9.17) is 19.5 Å². The molecule has 1 aliphatic heterocycles. The fourth-order valence-electron chi connectivity index (χ4n) is 4.48. The van der Waals surface area contributed by atoms with Crippen LogP contribution in [0.5, 0.6) is 0 Å². The molecule has 11 heteroatoms. The van der Waals surface area contributed by atoms with Crippen LogP contribution < -0.4 is 5.32 Å². The zero-order chi connectivity index (χ0) is 25.6. The van der Waals surface area contributed by atoms with Crippen molar-refractivity contribution in [2.75, 3.05) is 25.3 Å². The molecule has 3 unspecified atom stereocenters. The van der Waals surface area contributed by atoms with Gasteiger partial charge in [-0.3, -0.25) is 9.59 Å². The quantitative estimate of drug-likeness (QED) is 0.330. The number of anilines is 1. The van der Waals surface area contributed by atoms with Crippen LogP contribution in [0.2, 0.25) is 0 Å². The highest BCUT2D eigenvalue weighted by molar-refractivity contribution is 5.97. The van der Waals surface area contributed by atoms with Crippen LogP contribution >= 0.6 is 0 Å². The van der Waals surface area contributed by atoms with Gasteiger partial charge in [0.1, 0.15) is 12.4 Å². The van der Waals surface area contributed by atoms with Gasteiger partial charge in [0.25, 0.3) is 5.91 Å². The Kier molecular flexibility index (Phi) is 6.50. The molecule has 2 bridgehead atoms. The van der Waals surface area contributed by atoms with Crippen molar-refractivity contribution in [1.29, 1.82) is 5.26 Å². The van der Waals surface area contributed by atoms with E-state index < -0.39 is 51.8 Å². The number of aliphatic hydroxyl groups is 1. The maximum Gasteiger partial charge on any atom is 0.417 e. The van der Waals surface area contributed by atoms with Crippen molar-refractivity contribution in [3.8, 4) is 6.07 Å². The molecule has 8 nitrogen and oxygen atoms in total. The van der Waals surface area contributed by atoms with Gasteiger partial charge in [-0.05, 0) is 44.9 Å². The van der Waals surface area contributed by atoms with E-state index in [-0.39, 0.29) is 25.1 Å². The molecule has 1 saturated carbocycles. The maximum absolute atomic E-state index is 13.1. The third kappa shape index (κ3) is 4.26. The van der Waals surface area contributed by atoms with Crippen LogP contribution in [0.4, 0.5) is 18.9 Å². The lowest BCUT2D eigenvalue weighted by molar-refractivity contribution is -0.178. The smallest absolute Gasteiger partial charge is 0.417 e. The SMILES string of the molecule is CC(O)(COCOCC12CCC(C)(C(=O)O1)C2(C)C)C(=O)Nc1ccc(C#N)c(C(F)(F)F)c1. The third-order valence-electron chi connectivity index (χ3n) is 7.36. The summed E-state index contributed by atoms with van der Waals surface area (Å²) >= 11 is 0. The zero-order valence-electron chi connectivity index (χ0n) is 19.3. The van der Waals surface area contributed by atoms with E-state index in [1.54, 1.807) is 0 Å². The molecule has 2 N–H and O–H groups in total. The lowest BCUT2D eigenvalue weighted by atomic mass is 9.66. The predicted molar refractivity (Wildman–Crippen MR) is 112 cm³/mol. The predicted octanol–water partition coefficient (Wildman–Crippen LogP) is 3.38. The number of halogens is 3. The minimum absolute atomic E-state index is 0.0845. The van der Waals surface area contributed by atoms with Crippen molar-refractivity contribution in [3.63, 3.8) is 0 Å². The number of alkyl halides is 3. The molecule has 186 valence electrons. The zero-order valence-corrected chi connectivity index (χ0v) is 19.3. The van der Waals surface area contributed by atoms with Gasteiger partial charge in [0.15, 0.2) is 5.60 Å². The van der Waals surface area contributed by atoms with Gasteiger partial charge < -0.3 is 24.6 Å². The molecule has 1 amide bonds. The number of carbonyl (C=O) groups excluding carboxylic acids is 2. The topological polar surface area (TPSA) is 118 Å². The normalized spacial score (nSPS) is 27.1. The minimum Gasteiger partial charge on any atom is -0.456 e. The van der Waals surface area contributed by atoms with Crippen LogP contribution in [0.15, 0.2) is 18.2 Å². The summed E-state index contributed by atoms with van der Waals surface area (Å²) in [6.07, 6.45) is -3.45. The Bertz CT molecular complexity index is 1030. The van der Waals surface area contributed by atoms with Crippen LogP contribution in [-0.4, -0.2) is 48.2 Å². The number of esters is 1. The fraction of sp³-hybridized carbons (Fsp3) is 0.609. The molecule has 0 radical (unpaired) electrons. The van der Waals surface area contributed by atoms with Crippen molar-refractivity contribution in [2.24, 2.45) is 10.8 Å². The van der Waals surface area contributed by atoms with Crippen LogP contribution in [-0.2, 0) is 30.0 Å². The van der Waals surface area contributed by atoms with E-state index in [0.717, 1.165) is 19.1 Å². The molecule has 1 heterocycles. The Morgan fingerprint density at radius 2 is 1.94 bits per heavy atom. The van der Waals surface area contributed by atoms with Crippen molar-refractivity contribution in [1.82, 2.24) is 0 Å². The number of nitrogens with one attached hydrogen (secondary N) is 1. The summed E-state index contributed by atoms with van der Waals surface area (Å²) in [4.78, 5) is 24.7. The lowest BCUT2D eigenvalue weighted by Crippen LogP contribution is -2.46. The first-order valence-electron chi connectivity index (χ1n) is 10.6. The molecular weight excluding hydrogens is 457 g/mol. The maximum atomic E-state index is 13.1. The van der Waals surface area contributed by atoms with Crippen molar-refractivity contribution in [2.45, 2.75) is 57.9 Å². The Balaban J connectivity index is 1.53. The molecule has 0 aromatic heterocycles. The monoisotopic (exact) mass is 484 g/mol. The second kappa shape index (κ2) is 8.52. The van der Waals surface area contributed by atoms with Gasteiger partial charge in [-0.2, -0.15) is 18.4 Å². The molecule has 2 fully saturated rings. The highest BCUT2D eigenvalue weighted by Gasteiger charge is 2.72. The molecule has 2 aliphatic rings. The summed E-state index contributed by atoms with van der Waals surface area (Å²) in [5, 5.41) is 21.5. The van der Waals surface area contributed by atoms with Crippen molar-refractivity contribution in [3.05, 3.63) is 29.3 Å². The Morgan fingerprint density at radius 3 is 2.47 bits per heavy atom. The van der Waals surface area contributed by atoms with Gasteiger partial charge in [0, 0.05) is 11.1 Å². The number of amides is 1. The van der Waals surface area contributed by atoms with E-state index in [1.807, 2.05) is 20.8 Å². The van der Waals surface area contributed by atoms with Gasteiger partial charge in [-0.25, -0.2) is 0 Å². The number of fused-ring (bicyclic) bond motifs is 2. The highest BCUT2D eigenvalue weighted by Crippen LogP contribution is 2.65. The van der Waals surface area contributed by atoms with Gasteiger partial charge in [-0.1, -0.05) is 13.8 Å². The molecule has 3 rings (SSSR count). The Labute approximate surface area is 195 Å². The minimum atomic E-state index is -4.78. The van der Waals surface area contributed by atoms with Crippen LogP contribution in [0, 0.1) is 22.2 Å². The number of benzene rings is 1. The molecular formula is C23H27F3N2O6.